The number of aliphatic hydroxyl groups is 2. The molecule has 12 heteroatoms. The molecule has 2 aromatic heterocycles. The van der Waals surface area contributed by atoms with E-state index in [0.29, 0.717) is 33.0 Å². The van der Waals surface area contributed by atoms with Crippen LogP contribution < -0.4 is 5.48 Å². The lowest BCUT2D eigenvalue weighted by Crippen LogP contribution is -2.36. The van der Waals surface area contributed by atoms with Crippen LogP contribution in [0, 0.1) is 0 Å². The lowest BCUT2D eigenvalue weighted by Gasteiger charge is -2.26. The van der Waals surface area contributed by atoms with Crippen molar-refractivity contribution < 1.29 is 29.3 Å². The molecule has 0 radical (unpaired) electrons. The first-order valence-electron chi connectivity index (χ1n) is 13.3. The second kappa shape index (κ2) is 12.3. The molecule has 43 heavy (non-hydrogen) atoms. The van der Waals surface area contributed by atoms with Crippen LogP contribution in [0.25, 0.3) is 22.2 Å². The highest BCUT2D eigenvalue weighted by Gasteiger charge is 2.49. The standard InChI is InChI=1S/C31H26Cl2N4O6/c1-41-36-28-21-13-14-37(29(21)35-16-34-28)30-25(39)24(38)27(42-30)26(20-11-12-22(32)23(33)15-20)43-31(40)19-9-7-18(8-10-19)17-5-3-2-4-6-17/h2-16,24-27,30,38-39H,1H3,(H,34,35,36)/t24-,25+,26?,27-,30+/m0/s1. The van der Waals surface area contributed by atoms with Gasteiger partial charge in [0.05, 0.1) is 28.1 Å². The van der Waals surface area contributed by atoms with Gasteiger partial charge in [-0.3, -0.25) is 4.84 Å². The zero-order chi connectivity index (χ0) is 30.1. The second-order valence-electron chi connectivity index (χ2n) is 9.90. The first-order valence-corrected chi connectivity index (χ1v) is 14.0. The summed E-state index contributed by atoms with van der Waals surface area (Å²) in [4.78, 5) is 26.9. The summed E-state index contributed by atoms with van der Waals surface area (Å²) in [5, 5.41) is 23.5. The van der Waals surface area contributed by atoms with E-state index < -0.39 is 36.6 Å². The number of carbonyl (C=O) groups is 1. The van der Waals surface area contributed by atoms with Crippen LogP contribution in [0.1, 0.15) is 28.3 Å². The Morgan fingerprint density at radius 3 is 2.42 bits per heavy atom. The van der Waals surface area contributed by atoms with Gasteiger partial charge in [-0.15, -0.1) is 0 Å². The summed E-state index contributed by atoms with van der Waals surface area (Å²) < 4.78 is 13.8. The minimum Gasteiger partial charge on any atom is -0.451 e. The van der Waals surface area contributed by atoms with Crippen molar-refractivity contribution in [3.63, 3.8) is 0 Å². The summed E-state index contributed by atoms with van der Waals surface area (Å²) in [5.74, 6) is -0.240. The number of nitrogens with zero attached hydrogens (tertiary/aromatic N) is 3. The molecule has 1 saturated heterocycles. The Hall–Kier alpha value is -4.03. The van der Waals surface area contributed by atoms with Gasteiger partial charge in [-0.2, -0.15) is 0 Å². The zero-order valence-electron chi connectivity index (χ0n) is 22.7. The number of ether oxygens (including phenoxy) is 2. The molecule has 3 N–H and O–H groups in total. The highest BCUT2D eigenvalue weighted by Crippen LogP contribution is 2.41. The molecule has 3 aromatic carbocycles. The number of hydrogen-bond acceptors (Lipinski definition) is 9. The van der Waals surface area contributed by atoms with Gasteiger partial charge < -0.3 is 24.3 Å². The van der Waals surface area contributed by atoms with E-state index in [4.69, 9.17) is 37.5 Å². The minimum absolute atomic E-state index is 0.225. The van der Waals surface area contributed by atoms with Crippen LogP contribution >= 0.6 is 23.2 Å². The molecule has 0 spiro atoms. The summed E-state index contributed by atoms with van der Waals surface area (Å²) in [6, 6.07) is 23.2. The monoisotopic (exact) mass is 620 g/mol. The van der Waals surface area contributed by atoms with Gasteiger partial charge in [0.2, 0.25) is 0 Å². The molecule has 0 aliphatic carbocycles. The van der Waals surface area contributed by atoms with E-state index in [1.807, 2.05) is 42.5 Å². The van der Waals surface area contributed by atoms with E-state index in [-0.39, 0.29) is 5.02 Å². The summed E-state index contributed by atoms with van der Waals surface area (Å²) >= 11 is 12.5. The van der Waals surface area contributed by atoms with E-state index >= 15 is 0 Å². The van der Waals surface area contributed by atoms with E-state index in [2.05, 4.69) is 15.4 Å². The number of nitrogens with one attached hydrogen (secondary N) is 1. The summed E-state index contributed by atoms with van der Waals surface area (Å²) in [5.41, 5.74) is 5.77. The fourth-order valence-electron chi connectivity index (χ4n) is 5.15. The summed E-state index contributed by atoms with van der Waals surface area (Å²) in [7, 11) is 1.46. The predicted molar refractivity (Wildman–Crippen MR) is 161 cm³/mol. The minimum atomic E-state index is -1.45. The molecule has 5 aromatic rings. The molecular formula is C31H26Cl2N4O6. The van der Waals surface area contributed by atoms with Crippen LogP contribution in [0.2, 0.25) is 10.0 Å². The van der Waals surface area contributed by atoms with Crippen molar-refractivity contribution >= 4 is 46.0 Å². The Kier molecular flexibility index (Phi) is 8.31. The Balaban J connectivity index is 1.31. The Labute approximate surface area is 256 Å². The van der Waals surface area contributed by atoms with Gasteiger partial charge in [0.1, 0.15) is 30.3 Å². The van der Waals surface area contributed by atoms with Crippen LogP contribution in [-0.4, -0.2) is 56.1 Å². The van der Waals surface area contributed by atoms with Crippen molar-refractivity contribution in [2.75, 3.05) is 12.6 Å². The second-order valence-corrected chi connectivity index (χ2v) is 10.7. The molecule has 220 valence electrons. The van der Waals surface area contributed by atoms with Crippen molar-refractivity contribution in [3.05, 3.63) is 113 Å². The third-order valence-electron chi connectivity index (χ3n) is 7.29. The molecular weight excluding hydrogens is 595 g/mol. The maximum absolute atomic E-state index is 13.4. The van der Waals surface area contributed by atoms with Gasteiger partial charge in [0.25, 0.3) is 0 Å². The van der Waals surface area contributed by atoms with Crippen LogP contribution in [0.15, 0.2) is 91.4 Å². The Morgan fingerprint density at radius 1 is 0.953 bits per heavy atom. The number of rotatable bonds is 8. The number of carbonyl (C=O) groups excluding carboxylic acids is 1. The van der Waals surface area contributed by atoms with Gasteiger partial charge in [0, 0.05) is 6.20 Å². The quantitative estimate of drug-likeness (QED) is 0.150. The molecule has 0 saturated carbocycles. The lowest BCUT2D eigenvalue weighted by atomic mass is 9.98. The zero-order valence-corrected chi connectivity index (χ0v) is 24.2. The third kappa shape index (κ3) is 5.68. The third-order valence-corrected chi connectivity index (χ3v) is 8.03. The fraction of sp³-hybridized carbons (Fsp3) is 0.194. The molecule has 3 heterocycles. The summed E-state index contributed by atoms with van der Waals surface area (Å²) in [6.45, 7) is 0. The van der Waals surface area contributed by atoms with Gasteiger partial charge in [0.15, 0.2) is 18.1 Å². The van der Waals surface area contributed by atoms with Crippen molar-refractivity contribution in [2.45, 2.75) is 30.6 Å². The van der Waals surface area contributed by atoms with Crippen molar-refractivity contribution in [1.82, 2.24) is 14.5 Å². The Bertz CT molecular complexity index is 1750. The average Bonchev–Trinajstić information content (AvgIpc) is 3.59. The highest BCUT2D eigenvalue weighted by atomic mass is 35.5. The SMILES string of the molecule is CONc1ncnc2c1ccn2[C@@H]1O[C@H](C(OC(=O)c2ccc(-c3ccccc3)cc2)c2ccc(Cl)c(Cl)c2)[C@@H](O)[C@H]1O. The van der Waals surface area contributed by atoms with Crippen LogP contribution in [-0.2, 0) is 14.3 Å². The molecule has 1 aliphatic rings. The van der Waals surface area contributed by atoms with Crippen LogP contribution in [0.3, 0.4) is 0 Å². The maximum atomic E-state index is 13.4. The highest BCUT2D eigenvalue weighted by molar-refractivity contribution is 6.42. The molecule has 0 bridgehead atoms. The van der Waals surface area contributed by atoms with E-state index in [9.17, 15) is 15.0 Å². The van der Waals surface area contributed by atoms with Gasteiger partial charge in [-0.25, -0.2) is 20.2 Å². The van der Waals surface area contributed by atoms with E-state index in [0.717, 1.165) is 11.1 Å². The van der Waals surface area contributed by atoms with Crippen molar-refractivity contribution in [3.8, 4) is 11.1 Å². The Morgan fingerprint density at radius 2 is 1.70 bits per heavy atom. The fourth-order valence-corrected chi connectivity index (χ4v) is 5.45. The number of anilines is 1. The molecule has 0 amide bonds. The molecule has 10 nitrogen and oxygen atoms in total. The average molecular weight is 621 g/mol. The molecule has 1 unspecified atom stereocenters. The number of fused-ring (bicyclic) bond motifs is 1. The molecule has 5 atom stereocenters. The first-order chi connectivity index (χ1) is 20.9. The van der Waals surface area contributed by atoms with Crippen molar-refractivity contribution in [2.24, 2.45) is 0 Å². The van der Waals surface area contributed by atoms with Crippen molar-refractivity contribution in [1.29, 1.82) is 0 Å². The van der Waals surface area contributed by atoms with E-state index in [1.54, 1.807) is 41.1 Å². The van der Waals surface area contributed by atoms with Gasteiger partial charge in [-0.05, 0) is 47.0 Å². The predicted octanol–water partition coefficient (Wildman–Crippen LogP) is 5.60. The molecule has 6 rings (SSSR count). The van der Waals surface area contributed by atoms with Gasteiger partial charge >= 0.3 is 5.97 Å². The van der Waals surface area contributed by atoms with Crippen LogP contribution in [0.5, 0.6) is 0 Å². The number of halogens is 2. The molecule has 1 aliphatic heterocycles. The normalized spacial score (nSPS) is 20.7. The number of esters is 1. The number of aromatic nitrogens is 3. The topological polar surface area (TPSA) is 128 Å². The lowest BCUT2D eigenvalue weighted by molar-refractivity contribution is -0.0916. The van der Waals surface area contributed by atoms with Crippen LogP contribution in [0.4, 0.5) is 5.82 Å². The number of benzene rings is 3. The van der Waals surface area contributed by atoms with Gasteiger partial charge in [-0.1, -0.05) is 71.7 Å². The molecule has 1 fully saturated rings. The largest absolute Gasteiger partial charge is 0.451 e. The smallest absolute Gasteiger partial charge is 0.338 e. The summed E-state index contributed by atoms with van der Waals surface area (Å²) in [6.07, 6.45) is -3.28. The number of aliphatic hydroxyl groups excluding tert-OH is 2. The maximum Gasteiger partial charge on any atom is 0.338 e. The van der Waals surface area contributed by atoms with E-state index in [1.165, 1.54) is 19.5 Å². The number of hydrogen-bond donors (Lipinski definition) is 3. The first kappa shape index (κ1) is 29.1.